The molecule has 3 rings (SSSR count). The molecule has 0 bridgehead atoms. The molecule has 1 heterocycles. The van der Waals surface area contributed by atoms with Gasteiger partial charge >= 0.3 is 5.69 Å². The molecule has 170 valence electrons. The zero-order chi connectivity index (χ0) is 23.3. The maximum Gasteiger partial charge on any atom is 0.347 e. The molecule has 0 saturated carbocycles. The molecule has 0 spiro atoms. The van der Waals surface area contributed by atoms with Crippen LogP contribution in [0.5, 0.6) is 11.5 Å². The van der Waals surface area contributed by atoms with Crippen LogP contribution in [0.15, 0.2) is 70.6 Å². The van der Waals surface area contributed by atoms with E-state index >= 15 is 0 Å². The second kappa shape index (κ2) is 9.97. The van der Waals surface area contributed by atoms with Gasteiger partial charge in [-0.25, -0.2) is 18.2 Å². The number of benzene rings is 2. The first-order chi connectivity index (χ1) is 15.2. The zero-order valence-corrected chi connectivity index (χ0v) is 19.4. The molecule has 0 fully saturated rings. The van der Waals surface area contributed by atoms with Crippen LogP contribution in [0, 0.1) is 0 Å². The van der Waals surface area contributed by atoms with Crippen molar-refractivity contribution in [2.45, 2.75) is 37.9 Å². The van der Waals surface area contributed by atoms with Crippen LogP contribution >= 0.6 is 0 Å². The number of hydrogen-bond donors (Lipinski definition) is 0. The van der Waals surface area contributed by atoms with Crippen molar-refractivity contribution in [1.82, 2.24) is 13.9 Å². The first-order valence-corrected chi connectivity index (χ1v) is 11.5. The molecule has 0 aliphatic rings. The van der Waals surface area contributed by atoms with Crippen molar-refractivity contribution < 1.29 is 17.9 Å². The predicted molar refractivity (Wildman–Crippen MR) is 121 cm³/mol. The Morgan fingerprint density at radius 3 is 1.78 bits per heavy atom. The molecule has 9 heteroatoms. The van der Waals surface area contributed by atoms with Gasteiger partial charge in [0, 0.05) is 25.3 Å². The number of rotatable bonds is 9. The standard InChI is InChI=1S/C23H27N3O5S/c1-17(2)26-16-22(13-24-23(26)27)32(28,29)25(14-18-5-9-20(30-3)10-6-18)15-19-7-11-21(31-4)12-8-19/h5-13,16-17H,14-15H2,1-4H3. The Bertz CT molecular complexity index is 1150. The first kappa shape index (κ1) is 23.5. The Morgan fingerprint density at radius 2 is 1.38 bits per heavy atom. The Morgan fingerprint density at radius 1 is 0.906 bits per heavy atom. The average Bonchev–Trinajstić information content (AvgIpc) is 2.79. The van der Waals surface area contributed by atoms with E-state index in [1.54, 1.807) is 52.3 Å². The minimum absolute atomic E-state index is 0.0344. The number of ether oxygens (including phenoxy) is 2. The summed E-state index contributed by atoms with van der Waals surface area (Å²) in [4.78, 5) is 15.8. The van der Waals surface area contributed by atoms with E-state index in [1.165, 1.54) is 15.1 Å². The number of nitrogens with zero attached hydrogens (tertiary/aromatic N) is 3. The summed E-state index contributed by atoms with van der Waals surface area (Å²) in [5.41, 5.74) is 1.11. The van der Waals surface area contributed by atoms with Crippen molar-refractivity contribution in [1.29, 1.82) is 0 Å². The smallest absolute Gasteiger partial charge is 0.347 e. The molecule has 0 saturated heterocycles. The van der Waals surface area contributed by atoms with Crippen LogP contribution in [0.1, 0.15) is 31.0 Å². The lowest BCUT2D eigenvalue weighted by Gasteiger charge is -2.23. The second-order valence-corrected chi connectivity index (χ2v) is 9.48. The van der Waals surface area contributed by atoms with Gasteiger partial charge in [0.1, 0.15) is 16.4 Å². The van der Waals surface area contributed by atoms with Gasteiger partial charge in [-0.2, -0.15) is 4.31 Å². The lowest BCUT2D eigenvalue weighted by molar-refractivity contribution is 0.396. The molecule has 1 aromatic heterocycles. The molecule has 0 unspecified atom stereocenters. The highest BCUT2D eigenvalue weighted by molar-refractivity contribution is 7.89. The van der Waals surface area contributed by atoms with Crippen LogP contribution in [0.2, 0.25) is 0 Å². The van der Waals surface area contributed by atoms with E-state index in [0.717, 1.165) is 17.3 Å². The molecule has 0 atom stereocenters. The Kier molecular flexibility index (Phi) is 7.32. The van der Waals surface area contributed by atoms with E-state index in [9.17, 15) is 13.2 Å². The summed E-state index contributed by atoms with van der Waals surface area (Å²) in [6, 6.07) is 14.2. The normalized spacial score (nSPS) is 11.7. The van der Waals surface area contributed by atoms with Crippen LogP contribution in [-0.4, -0.2) is 36.5 Å². The monoisotopic (exact) mass is 457 g/mol. The highest BCUT2D eigenvalue weighted by Gasteiger charge is 2.26. The van der Waals surface area contributed by atoms with Gasteiger partial charge < -0.3 is 9.47 Å². The molecule has 2 aromatic carbocycles. The Hall–Kier alpha value is -3.17. The van der Waals surface area contributed by atoms with Crippen molar-refractivity contribution in [2.24, 2.45) is 0 Å². The third kappa shape index (κ3) is 5.35. The third-order valence-electron chi connectivity index (χ3n) is 5.02. The van der Waals surface area contributed by atoms with Crippen molar-refractivity contribution >= 4 is 10.0 Å². The largest absolute Gasteiger partial charge is 0.497 e. The summed E-state index contributed by atoms with van der Waals surface area (Å²) in [6.07, 6.45) is 2.47. The summed E-state index contributed by atoms with van der Waals surface area (Å²) in [7, 11) is -0.802. The van der Waals surface area contributed by atoms with Gasteiger partial charge in [-0.15, -0.1) is 0 Å². The van der Waals surface area contributed by atoms with Gasteiger partial charge in [0.15, 0.2) is 0 Å². The first-order valence-electron chi connectivity index (χ1n) is 10.1. The SMILES string of the molecule is COc1ccc(CN(Cc2ccc(OC)cc2)S(=O)(=O)c2cnc(=O)n(C(C)C)c2)cc1. The van der Waals surface area contributed by atoms with E-state index < -0.39 is 15.7 Å². The van der Waals surface area contributed by atoms with Crippen LogP contribution in [-0.2, 0) is 23.1 Å². The van der Waals surface area contributed by atoms with Gasteiger partial charge in [-0.3, -0.25) is 4.57 Å². The Balaban J connectivity index is 2.00. The molecular weight excluding hydrogens is 430 g/mol. The lowest BCUT2D eigenvalue weighted by atomic mass is 10.2. The maximum absolute atomic E-state index is 13.6. The fourth-order valence-corrected chi connectivity index (χ4v) is 4.53. The van der Waals surface area contributed by atoms with Gasteiger partial charge in [-0.1, -0.05) is 24.3 Å². The summed E-state index contributed by atoms with van der Waals surface area (Å²) in [5, 5.41) is 0. The molecule has 0 aliphatic heterocycles. The van der Waals surface area contributed by atoms with Crippen molar-refractivity contribution in [3.8, 4) is 11.5 Å². The summed E-state index contributed by atoms with van der Waals surface area (Å²) >= 11 is 0. The molecule has 3 aromatic rings. The second-order valence-electron chi connectivity index (χ2n) is 7.54. The van der Waals surface area contributed by atoms with Crippen LogP contribution in [0.4, 0.5) is 0 Å². The van der Waals surface area contributed by atoms with E-state index in [-0.39, 0.29) is 24.0 Å². The third-order valence-corrected chi connectivity index (χ3v) is 6.76. The zero-order valence-electron chi connectivity index (χ0n) is 18.6. The molecule has 0 N–H and O–H groups in total. The molecule has 8 nitrogen and oxygen atoms in total. The van der Waals surface area contributed by atoms with Gasteiger partial charge in [0.05, 0.1) is 20.4 Å². The van der Waals surface area contributed by atoms with Gasteiger partial charge in [0.2, 0.25) is 10.0 Å². The van der Waals surface area contributed by atoms with Crippen molar-refractivity contribution in [3.05, 3.63) is 82.5 Å². The molecular formula is C23H27N3O5S. The van der Waals surface area contributed by atoms with E-state index in [0.29, 0.717) is 11.5 Å². The van der Waals surface area contributed by atoms with E-state index in [4.69, 9.17) is 9.47 Å². The maximum atomic E-state index is 13.6. The van der Waals surface area contributed by atoms with E-state index in [2.05, 4.69) is 4.98 Å². The van der Waals surface area contributed by atoms with E-state index in [1.807, 2.05) is 24.3 Å². The molecule has 0 radical (unpaired) electrons. The number of sulfonamides is 1. The van der Waals surface area contributed by atoms with Gasteiger partial charge in [0.25, 0.3) is 0 Å². The highest BCUT2D eigenvalue weighted by Crippen LogP contribution is 2.23. The van der Waals surface area contributed by atoms with Crippen LogP contribution in [0.25, 0.3) is 0 Å². The fourth-order valence-electron chi connectivity index (χ4n) is 3.16. The highest BCUT2D eigenvalue weighted by atomic mass is 32.2. The van der Waals surface area contributed by atoms with Crippen molar-refractivity contribution in [3.63, 3.8) is 0 Å². The van der Waals surface area contributed by atoms with Crippen molar-refractivity contribution in [2.75, 3.05) is 14.2 Å². The number of methoxy groups -OCH3 is 2. The molecule has 32 heavy (non-hydrogen) atoms. The summed E-state index contributed by atoms with van der Waals surface area (Å²) in [6.45, 7) is 3.87. The van der Waals surface area contributed by atoms with Crippen LogP contribution < -0.4 is 15.2 Å². The average molecular weight is 458 g/mol. The summed E-state index contributed by atoms with van der Waals surface area (Å²) < 4.78 is 40.2. The number of aromatic nitrogens is 2. The van der Waals surface area contributed by atoms with Gasteiger partial charge in [-0.05, 0) is 49.2 Å². The fraction of sp³-hybridized carbons (Fsp3) is 0.304. The minimum atomic E-state index is -3.95. The quantitative estimate of drug-likeness (QED) is 0.490. The topological polar surface area (TPSA) is 90.7 Å². The molecule has 0 aliphatic carbocycles. The Labute approximate surface area is 188 Å². The predicted octanol–water partition coefficient (Wildman–Crippen LogP) is 3.23. The minimum Gasteiger partial charge on any atom is -0.497 e. The lowest BCUT2D eigenvalue weighted by Crippen LogP contribution is -2.32. The molecule has 0 amide bonds. The number of hydrogen-bond acceptors (Lipinski definition) is 6. The summed E-state index contributed by atoms with van der Waals surface area (Å²) in [5.74, 6) is 1.37. The van der Waals surface area contributed by atoms with Crippen LogP contribution in [0.3, 0.4) is 0 Å².